The minimum atomic E-state index is 0.0674. The Balaban J connectivity index is 2.03. The highest BCUT2D eigenvalue weighted by atomic mass is 15.2. The molecule has 1 aromatic rings. The zero-order valence-electron chi connectivity index (χ0n) is 11.0. The molecule has 3 unspecified atom stereocenters. The van der Waals surface area contributed by atoms with Gasteiger partial charge in [-0.15, -0.1) is 0 Å². The van der Waals surface area contributed by atoms with E-state index >= 15 is 0 Å². The second kappa shape index (κ2) is 5.65. The van der Waals surface area contributed by atoms with Crippen molar-refractivity contribution in [2.75, 3.05) is 13.1 Å². The Morgan fingerprint density at radius 2 is 2.06 bits per heavy atom. The maximum Gasteiger partial charge on any atom is 0.0835 e. The van der Waals surface area contributed by atoms with Gasteiger partial charge < -0.3 is 5.73 Å². The first kappa shape index (κ1) is 12.6. The van der Waals surface area contributed by atoms with Crippen LogP contribution in [0.25, 0.3) is 0 Å². The molecule has 3 atom stereocenters. The monoisotopic (exact) mass is 232 g/mol. The predicted molar refractivity (Wildman–Crippen MR) is 72.5 cm³/mol. The van der Waals surface area contributed by atoms with Crippen LogP contribution in [0.2, 0.25) is 0 Å². The SMILES string of the molecule is CCC1CN(C(N)c2ccccc2)CCC1C. The first-order valence-electron chi connectivity index (χ1n) is 6.77. The largest absolute Gasteiger partial charge is 0.312 e. The average Bonchev–Trinajstić information content (AvgIpc) is 2.39. The van der Waals surface area contributed by atoms with E-state index in [1.807, 2.05) is 6.07 Å². The molecular weight excluding hydrogens is 208 g/mol. The van der Waals surface area contributed by atoms with E-state index in [4.69, 9.17) is 5.73 Å². The lowest BCUT2D eigenvalue weighted by atomic mass is 9.85. The number of benzene rings is 1. The van der Waals surface area contributed by atoms with Crippen LogP contribution in [-0.4, -0.2) is 18.0 Å². The van der Waals surface area contributed by atoms with Crippen molar-refractivity contribution in [1.29, 1.82) is 0 Å². The summed E-state index contributed by atoms with van der Waals surface area (Å²) in [4.78, 5) is 2.43. The van der Waals surface area contributed by atoms with Crippen LogP contribution in [0, 0.1) is 11.8 Å². The number of rotatable bonds is 3. The van der Waals surface area contributed by atoms with Crippen LogP contribution >= 0.6 is 0 Å². The summed E-state index contributed by atoms with van der Waals surface area (Å²) >= 11 is 0. The van der Waals surface area contributed by atoms with E-state index in [2.05, 4.69) is 43.0 Å². The van der Waals surface area contributed by atoms with Crippen LogP contribution in [0.15, 0.2) is 30.3 Å². The third-order valence-electron chi connectivity index (χ3n) is 4.20. The zero-order chi connectivity index (χ0) is 12.3. The first-order chi connectivity index (χ1) is 8.22. The summed E-state index contributed by atoms with van der Waals surface area (Å²) in [5.74, 6) is 1.65. The Morgan fingerprint density at radius 3 is 2.71 bits per heavy atom. The highest BCUT2D eigenvalue weighted by Gasteiger charge is 2.28. The zero-order valence-corrected chi connectivity index (χ0v) is 11.0. The summed E-state index contributed by atoms with van der Waals surface area (Å²) in [6, 6.07) is 10.4. The fourth-order valence-corrected chi connectivity index (χ4v) is 2.82. The molecule has 1 aromatic carbocycles. The molecule has 1 heterocycles. The highest BCUT2D eigenvalue weighted by Crippen LogP contribution is 2.29. The number of hydrogen-bond acceptors (Lipinski definition) is 2. The number of hydrogen-bond donors (Lipinski definition) is 1. The standard InChI is InChI=1S/C15H24N2/c1-3-13-11-17(10-9-12(13)2)15(16)14-7-5-4-6-8-14/h4-8,12-13,15H,3,9-11,16H2,1-2H3. The smallest absolute Gasteiger partial charge is 0.0835 e. The van der Waals surface area contributed by atoms with Crippen LogP contribution < -0.4 is 5.73 Å². The van der Waals surface area contributed by atoms with Gasteiger partial charge in [-0.25, -0.2) is 0 Å². The molecule has 17 heavy (non-hydrogen) atoms. The van der Waals surface area contributed by atoms with Crippen LogP contribution in [0.5, 0.6) is 0 Å². The van der Waals surface area contributed by atoms with Gasteiger partial charge in [0.2, 0.25) is 0 Å². The van der Waals surface area contributed by atoms with Gasteiger partial charge in [0.15, 0.2) is 0 Å². The number of nitrogens with zero attached hydrogens (tertiary/aromatic N) is 1. The van der Waals surface area contributed by atoms with Crippen LogP contribution in [0.4, 0.5) is 0 Å². The minimum absolute atomic E-state index is 0.0674. The predicted octanol–water partition coefficient (Wildman–Crippen LogP) is 3.01. The van der Waals surface area contributed by atoms with E-state index in [1.54, 1.807) is 0 Å². The second-order valence-electron chi connectivity index (χ2n) is 5.28. The summed E-state index contributed by atoms with van der Waals surface area (Å²) < 4.78 is 0. The quantitative estimate of drug-likeness (QED) is 0.868. The minimum Gasteiger partial charge on any atom is -0.312 e. The lowest BCUT2D eigenvalue weighted by Gasteiger charge is -2.39. The van der Waals surface area contributed by atoms with Gasteiger partial charge in [0.1, 0.15) is 0 Å². The fraction of sp³-hybridized carbons (Fsp3) is 0.600. The van der Waals surface area contributed by atoms with E-state index in [9.17, 15) is 0 Å². The van der Waals surface area contributed by atoms with Gasteiger partial charge in [-0.1, -0.05) is 50.6 Å². The fourth-order valence-electron chi connectivity index (χ4n) is 2.82. The lowest BCUT2D eigenvalue weighted by molar-refractivity contribution is 0.0872. The summed E-state index contributed by atoms with van der Waals surface area (Å²) in [5.41, 5.74) is 7.59. The van der Waals surface area contributed by atoms with E-state index in [-0.39, 0.29) is 6.17 Å². The Bertz CT molecular complexity index is 336. The molecule has 0 radical (unpaired) electrons. The van der Waals surface area contributed by atoms with Crippen molar-refractivity contribution < 1.29 is 0 Å². The summed E-state index contributed by atoms with van der Waals surface area (Å²) in [5, 5.41) is 0. The Kier molecular flexibility index (Phi) is 4.19. The van der Waals surface area contributed by atoms with Crippen LogP contribution in [0.3, 0.4) is 0 Å². The third kappa shape index (κ3) is 2.88. The molecule has 0 bridgehead atoms. The van der Waals surface area contributed by atoms with Gasteiger partial charge in [0.05, 0.1) is 6.17 Å². The van der Waals surface area contributed by atoms with E-state index in [0.29, 0.717) is 0 Å². The van der Waals surface area contributed by atoms with Crippen molar-refractivity contribution in [2.45, 2.75) is 32.9 Å². The van der Waals surface area contributed by atoms with Crippen molar-refractivity contribution in [3.05, 3.63) is 35.9 Å². The third-order valence-corrected chi connectivity index (χ3v) is 4.20. The molecule has 0 aliphatic carbocycles. The molecule has 0 aromatic heterocycles. The summed E-state index contributed by atoms with van der Waals surface area (Å²) in [7, 11) is 0. The van der Waals surface area contributed by atoms with Crippen molar-refractivity contribution >= 4 is 0 Å². The van der Waals surface area contributed by atoms with Gasteiger partial charge in [-0.05, 0) is 23.8 Å². The summed E-state index contributed by atoms with van der Waals surface area (Å²) in [6.07, 6.45) is 2.61. The molecule has 2 rings (SSSR count). The topological polar surface area (TPSA) is 29.3 Å². The molecule has 0 spiro atoms. The number of likely N-dealkylation sites (tertiary alicyclic amines) is 1. The highest BCUT2D eigenvalue weighted by molar-refractivity contribution is 5.18. The summed E-state index contributed by atoms with van der Waals surface area (Å²) in [6.45, 7) is 6.94. The molecule has 1 saturated heterocycles. The Labute approximate surface area is 105 Å². The van der Waals surface area contributed by atoms with Crippen molar-refractivity contribution in [3.8, 4) is 0 Å². The molecular formula is C15H24N2. The molecule has 0 saturated carbocycles. The van der Waals surface area contributed by atoms with Crippen LogP contribution in [0.1, 0.15) is 38.4 Å². The average molecular weight is 232 g/mol. The van der Waals surface area contributed by atoms with Crippen LogP contribution in [-0.2, 0) is 0 Å². The molecule has 94 valence electrons. The molecule has 2 heteroatoms. The molecule has 1 aliphatic heterocycles. The normalized spacial score (nSPS) is 27.9. The molecule has 1 aliphatic rings. The second-order valence-corrected chi connectivity index (χ2v) is 5.28. The van der Waals surface area contributed by atoms with E-state index in [0.717, 1.165) is 24.9 Å². The van der Waals surface area contributed by atoms with Gasteiger partial charge in [-0.2, -0.15) is 0 Å². The maximum absolute atomic E-state index is 6.36. The molecule has 2 nitrogen and oxygen atoms in total. The maximum atomic E-state index is 6.36. The van der Waals surface area contributed by atoms with Crippen molar-refractivity contribution in [3.63, 3.8) is 0 Å². The molecule has 2 N–H and O–H groups in total. The molecule has 0 amide bonds. The lowest BCUT2D eigenvalue weighted by Crippen LogP contribution is -2.44. The van der Waals surface area contributed by atoms with E-state index in [1.165, 1.54) is 18.4 Å². The number of nitrogens with two attached hydrogens (primary N) is 1. The van der Waals surface area contributed by atoms with Gasteiger partial charge in [-0.3, -0.25) is 4.90 Å². The van der Waals surface area contributed by atoms with Crippen molar-refractivity contribution in [1.82, 2.24) is 4.90 Å². The first-order valence-corrected chi connectivity index (χ1v) is 6.77. The Hall–Kier alpha value is -0.860. The number of piperidine rings is 1. The van der Waals surface area contributed by atoms with Gasteiger partial charge in [0.25, 0.3) is 0 Å². The molecule has 1 fully saturated rings. The van der Waals surface area contributed by atoms with E-state index < -0.39 is 0 Å². The Morgan fingerprint density at radius 1 is 1.35 bits per heavy atom. The van der Waals surface area contributed by atoms with Gasteiger partial charge in [0, 0.05) is 13.1 Å². The van der Waals surface area contributed by atoms with Crippen molar-refractivity contribution in [2.24, 2.45) is 17.6 Å². The van der Waals surface area contributed by atoms with Gasteiger partial charge >= 0.3 is 0 Å².